The number of likely N-dealkylation sites (N-methyl/N-ethyl adjacent to an activating group) is 1. The van der Waals surface area contributed by atoms with Gasteiger partial charge in [0.1, 0.15) is 5.54 Å². The van der Waals surface area contributed by atoms with Crippen molar-refractivity contribution in [2.24, 2.45) is 0 Å². The van der Waals surface area contributed by atoms with E-state index in [4.69, 9.17) is 9.47 Å². The second-order valence-corrected chi connectivity index (χ2v) is 5.58. The van der Waals surface area contributed by atoms with Crippen LogP contribution < -0.4 is 5.32 Å². The van der Waals surface area contributed by atoms with Gasteiger partial charge < -0.3 is 19.7 Å². The molecule has 0 aromatic carbocycles. The number of hydrogen-bond acceptors (Lipinski definition) is 5. The summed E-state index contributed by atoms with van der Waals surface area (Å²) in [6.45, 7) is 12.5. The molecule has 5 heteroatoms. The lowest BCUT2D eigenvalue weighted by atomic mass is 9.95. The molecule has 0 rings (SSSR count). The Morgan fingerprint density at radius 3 is 2.48 bits per heavy atom. The zero-order valence-electron chi connectivity index (χ0n) is 14.5. The van der Waals surface area contributed by atoms with Crippen molar-refractivity contribution in [2.75, 3.05) is 46.5 Å². The summed E-state index contributed by atoms with van der Waals surface area (Å²) in [5, 5.41) is 3.34. The maximum atomic E-state index is 12.1. The number of hydrogen-bond donors (Lipinski definition) is 1. The van der Waals surface area contributed by atoms with E-state index in [1.54, 1.807) is 0 Å². The van der Waals surface area contributed by atoms with E-state index in [9.17, 15) is 4.79 Å². The van der Waals surface area contributed by atoms with Gasteiger partial charge in [-0.05, 0) is 60.2 Å². The third-order valence-electron chi connectivity index (χ3n) is 3.53. The molecule has 0 bridgehead atoms. The molecule has 5 nitrogen and oxygen atoms in total. The van der Waals surface area contributed by atoms with Gasteiger partial charge in [-0.2, -0.15) is 0 Å². The lowest BCUT2D eigenvalue weighted by molar-refractivity contribution is -0.150. The van der Waals surface area contributed by atoms with Gasteiger partial charge in [-0.3, -0.25) is 4.79 Å². The van der Waals surface area contributed by atoms with Gasteiger partial charge in [0.05, 0.1) is 13.2 Å². The molecule has 0 radical (unpaired) electrons. The van der Waals surface area contributed by atoms with Crippen molar-refractivity contribution < 1.29 is 14.3 Å². The van der Waals surface area contributed by atoms with E-state index in [1.807, 2.05) is 20.8 Å². The van der Waals surface area contributed by atoms with Crippen LogP contribution in [0.2, 0.25) is 0 Å². The van der Waals surface area contributed by atoms with Crippen molar-refractivity contribution >= 4 is 5.97 Å². The van der Waals surface area contributed by atoms with Crippen molar-refractivity contribution in [1.29, 1.82) is 0 Å². The Bertz CT molecular complexity index is 274. The lowest BCUT2D eigenvalue weighted by Crippen LogP contribution is -2.51. The van der Waals surface area contributed by atoms with Crippen molar-refractivity contribution in [2.45, 2.75) is 52.5 Å². The van der Waals surface area contributed by atoms with Crippen LogP contribution in [-0.2, 0) is 14.3 Å². The zero-order chi connectivity index (χ0) is 16.1. The summed E-state index contributed by atoms with van der Waals surface area (Å²) in [6.07, 6.45) is 2.74. The van der Waals surface area contributed by atoms with Crippen molar-refractivity contribution in [1.82, 2.24) is 10.2 Å². The molecule has 21 heavy (non-hydrogen) atoms. The van der Waals surface area contributed by atoms with Gasteiger partial charge in [-0.15, -0.1) is 0 Å². The van der Waals surface area contributed by atoms with Crippen LogP contribution in [0.1, 0.15) is 47.0 Å². The van der Waals surface area contributed by atoms with Crippen LogP contribution >= 0.6 is 0 Å². The molecule has 0 aromatic rings. The van der Waals surface area contributed by atoms with E-state index in [-0.39, 0.29) is 5.97 Å². The summed E-state index contributed by atoms with van der Waals surface area (Å²) >= 11 is 0. The summed E-state index contributed by atoms with van der Waals surface area (Å²) < 4.78 is 10.6. The Morgan fingerprint density at radius 2 is 1.90 bits per heavy atom. The largest absolute Gasteiger partial charge is 0.465 e. The first-order chi connectivity index (χ1) is 10.00. The minimum Gasteiger partial charge on any atom is -0.465 e. The van der Waals surface area contributed by atoms with E-state index >= 15 is 0 Å². The fourth-order valence-corrected chi connectivity index (χ4v) is 2.13. The first-order valence-electron chi connectivity index (χ1n) is 8.18. The van der Waals surface area contributed by atoms with Crippen molar-refractivity contribution in [3.63, 3.8) is 0 Å². The van der Waals surface area contributed by atoms with E-state index in [1.165, 1.54) is 0 Å². The Balaban J connectivity index is 4.19. The normalized spacial score (nSPS) is 14.2. The Hall–Kier alpha value is -0.650. The molecule has 1 N–H and O–H groups in total. The highest BCUT2D eigenvalue weighted by atomic mass is 16.5. The topological polar surface area (TPSA) is 50.8 Å². The summed E-state index contributed by atoms with van der Waals surface area (Å²) in [5.41, 5.74) is -0.577. The summed E-state index contributed by atoms with van der Waals surface area (Å²) in [6, 6.07) is 0. The predicted octanol–water partition coefficient (Wildman–Crippen LogP) is 2.06. The number of nitrogens with one attached hydrogen (secondary N) is 1. The minimum absolute atomic E-state index is 0.143. The molecule has 0 aliphatic carbocycles. The average molecular weight is 302 g/mol. The van der Waals surface area contributed by atoms with Crippen molar-refractivity contribution in [3.05, 3.63) is 0 Å². The fourth-order valence-electron chi connectivity index (χ4n) is 2.13. The molecule has 1 unspecified atom stereocenters. The Labute approximate surface area is 130 Å². The van der Waals surface area contributed by atoms with Gasteiger partial charge in [0, 0.05) is 13.2 Å². The average Bonchev–Trinajstić information content (AvgIpc) is 2.45. The number of rotatable bonds is 13. The Kier molecular flexibility index (Phi) is 11.6. The summed E-state index contributed by atoms with van der Waals surface area (Å²) in [4.78, 5) is 14.4. The number of carbonyl (C=O) groups is 1. The second kappa shape index (κ2) is 12.0. The number of ether oxygens (including phenoxy) is 2. The van der Waals surface area contributed by atoms with E-state index in [0.29, 0.717) is 6.61 Å². The summed E-state index contributed by atoms with van der Waals surface area (Å²) in [5.74, 6) is -0.143. The van der Waals surface area contributed by atoms with E-state index in [2.05, 4.69) is 24.2 Å². The minimum atomic E-state index is -0.577. The van der Waals surface area contributed by atoms with Crippen molar-refractivity contribution in [3.8, 4) is 0 Å². The van der Waals surface area contributed by atoms with Crippen LogP contribution in [0.15, 0.2) is 0 Å². The van der Waals surface area contributed by atoms with Gasteiger partial charge >= 0.3 is 5.97 Å². The van der Waals surface area contributed by atoms with Gasteiger partial charge in [0.2, 0.25) is 0 Å². The fraction of sp³-hybridized carbons (Fsp3) is 0.938. The molecular formula is C16H34N2O3. The standard InChI is InChI=1S/C16H34N2O3/c1-6-11-17-16(4,15(19)21-8-3)10-9-12-18(5)13-14-20-7-2/h17H,6-14H2,1-5H3. The molecule has 0 aliphatic heterocycles. The van der Waals surface area contributed by atoms with Gasteiger partial charge in [0.15, 0.2) is 0 Å². The quantitative estimate of drug-likeness (QED) is 0.417. The molecule has 0 amide bonds. The second-order valence-electron chi connectivity index (χ2n) is 5.58. The first kappa shape index (κ1) is 20.3. The maximum Gasteiger partial charge on any atom is 0.326 e. The molecule has 0 fully saturated rings. The molecule has 0 saturated carbocycles. The molecule has 0 saturated heterocycles. The highest BCUT2D eigenvalue weighted by Crippen LogP contribution is 2.15. The number of nitrogens with zero attached hydrogens (tertiary/aromatic N) is 1. The monoisotopic (exact) mass is 302 g/mol. The molecule has 0 aliphatic rings. The third-order valence-corrected chi connectivity index (χ3v) is 3.53. The first-order valence-corrected chi connectivity index (χ1v) is 8.18. The van der Waals surface area contributed by atoms with Gasteiger partial charge in [-0.25, -0.2) is 0 Å². The lowest BCUT2D eigenvalue weighted by Gasteiger charge is -2.29. The van der Waals surface area contributed by atoms with Gasteiger partial charge in [0.25, 0.3) is 0 Å². The van der Waals surface area contributed by atoms with Crippen LogP contribution in [0.3, 0.4) is 0 Å². The van der Waals surface area contributed by atoms with Gasteiger partial charge in [-0.1, -0.05) is 6.92 Å². The maximum absolute atomic E-state index is 12.1. The van der Waals surface area contributed by atoms with E-state index in [0.717, 1.165) is 52.1 Å². The highest BCUT2D eigenvalue weighted by molar-refractivity contribution is 5.80. The molecule has 1 atom stereocenters. The summed E-state index contributed by atoms with van der Waals surface area (Å²) in [7, 11) is 2.08. The number of esters is 1. The molecule has 126 valence electrons. The number of carbonyl (C=O) groups excluding carboxylic acids is 1. The smallest absolute Gasteiger partial charge is 0.326 e. The predicted molar refractivity (Wildman–Crippen MR) is 86.6 cm³/mol. The van der Waals surface area contributed by atoms with Crippen LogP contribution in [0.25, 0.3) is 0 Å². The van der Waals surface area contributed by atoms with E-state index < -0.39 is 5.54 Å². The molecule has 0 spiro atoms. The molecule has 0 aromatic heterocycles. The molecule has 0 heterocycles. The Morgan fingerprint density at radius 1 is 1.19 bits per heavy atom. The van der Waals surface area contributed by atoms with Crippen LogP contribution in [0.5, 0.6) is 0 Å². The molecular weight excluding hydrogens is 268 g/mol. The van der Waals surface area contributed by atoms with Crippen LogP contribution in [-0.4, -0.2) is 62.9 Å². The SMILES string of the molecule is CCCNC(C)(CCCN(C)CCOCC)C(=O)OCC. The van der Waals surface area contributed by atoms with Crippen LogP contribution in [0, 0.1) is 0 Å². The van der Waals surface area contributed by atoms with Crippen LogP contribution in [0.4, 0.5) is 0 Å². The highest BCUT2D eigenvalue weighted by Gasteiger charge is 2.33. The zero-order valence-corrected chi connectivity index (χ0v) is 14.5. The third kappa shape index (κ3) is 9.06.